The Morgan fingerprint density at radius 3 is 2.83 bits per heavy atom. The van der Waals surface area contributed by atoms with Gasteiger partial charge in [0.2, 0.25) is 0 Å². The third-order valence-electron chi connectivity index (χ3n) is 2.02. The van der Waals surface area contributed by atoms with E-state index in [0.29, 0.717) is 11.3 Å². The van der Waals surface area contributed by atoms with E-state index in [1.165, 1.54) is 18.2 Å². The molecule has 0 amide bonds. The Morgan fingerprint density at radius 1 is 1.33 bits per heavy atom. The van der Waals surface area contributed by atoms with Crippen LogP contribution < -0.4 is 0 Å². The maximum atomic E-state index is 11.3. The minimum absolute atomic E-state index is 0.130. The Morgan fingerprint density at radius 2 is 2.08 bits per heavy atom. The number of fused-ring (bicyclic) bond motifs is 1. The number of phenolic OH excluding ortho intramolecular Hbond substituents is 1. The molecule has 4 heteroatoms. The average molecular weight is 184 g/mol. The zero-order valence-electron chi connectivity index (χ0n) is 6.32. The number of benzene rings is 1. The zero-order chi connectivity index (χ0) is 8.77. The van der Waals surface area contributed by atoms with Crippen molar-refractivity contribution in [3.8, 4) is 5.75 Å². The largest absolute Gasteiger partial charge is 0.508 e. The highest BCUT2D eigenvalue weighted by Crippen LogP contribution is 2.28. The van der Waals surface area contributed by atoms with E-state index in [2.05, 4.69) is 0 Å². The van der Waals surface area contributed by atoms with Gasteiger partial charge in [-0.05, 0) is 30.2 Å². The molecular formula is C8H8O3S. The molecule has 0 saturated heterocycles. The predicted molar refractivity (Wildman–Crippen MR) is 43.9 cm³/mol. The first-order valence-electron chi connectivity index (χ1n) is 3.64. The zero-order valence-corrected chi connectivity index (χ0v) is 7.13. The summed E-state index contributed by atoms with van der Waals surface area (Å²) in [4.78, 5) is 0.375. The molecule has 0 unspecified atom stereocenters. The van der Waals surface area contributed by atoms with Gasteiger partial charge in [-0.15, -0.1) is 0 Å². The Balaban J connectivity index is 2.71. The predicted octanol–water partition coefficient (Wildman–Crippen LogP) is 0.722. The summed E-state index contributed by atoms with van der Waals surface area (Å²) in [5.74, 6) is 0.303. The monoisotopic (exact) mass is 184 g/mol. The molecule has 0 saturated carbocycles. The molecule has 0 aliphatic carbocycles. The van der Waals surface area contributed by atoms with Crippen molar-refractivity contribution in [3.05, 3.63) is 23.8 Å². The van der Waals surface area contributed by atoms with Crippen molar-refractivity contribution >= 4 is 9.84 Å². The van der Waals surface area contributed by atoms with E-state index in [-0.39, 0.29) is 11.5 Å². The summed E-state index contributed by atoms with van der Waals surface area (Å²) in [6.45, 7) is 0. The Labute approximate surface area is 70.6 Å². The van der Waals surface area contributed by atoms with E-state index in [0.717, 1.165) is 5.56 Å². The first kappa shape index (κ1) is 7.61. The van der Waals surface area contributed by atoms with Crippen LogP contribution in [0.4, 0.5) is 0 Å². The molecule has 0 radical (unpaired) electrons. The molecule has 3 nitrogen and oxygen atoms in total. The second kappa shape index (κ2) is 2.23. The van der Waals surface area contributed by atoms with Crippen LogP contribution >= 0.6 is 0 Å². The van der Waals surface area contributed by atoms with Gasteiger partial charge in [-0.2, -0.15) is 0 Å². The molecule has 0 aromatic heterocycles. The fourth-order valence-electron chi connectivity index (χ4n) is 1.42. The fourth-order valence-corrected chi connectivity index (χ4v) is 2.96. The molecule has 2 rings (SSSR count). The molecule has 12 heavy (non-hydrogen) atoms. The highest BCUT2D eigenvalue weighted by Gasteiger charge is 2.25. The molecular weight excluding hydrogens is 176 g/mol. The van der Waals surface area contributed by atoms with Crippen molar-refractivity contribution in [2.45, 2.75) is 11.3 Å². The van der Waals surface area contributed by atoms with Gasteiger partial charge >= 0.3 is 0 Å². The van der Waals surface area contributed by atoms with Crippen LogP contribution in [-0.2, 0) is 16.3 Å². The lowest BCUT2D eigenvalue weighted by atomic mass is 10.2. The lowest BCUT2D eigenvalue weighted by Crippen LogP contribution is -1.98. The van der Waals surface area contributed by atoms with Crippen LogP contribution in [0, 0.1) is 0 Å². The van der Waals surface area contributed by atoms with Crippen LogP contribution in [0.2, 0.25) is 0 Å². The molecule has 0 fully saturated rings. The number of hydrogen-bond acceptors (Lipinski definition) is 3. The summed E-state index contributed by atoms with van der Waals surface area (Å²) < 4.78 is 22.6. The van der Waals surface area contributed by atoms with Crippen molar-refractivity contribution in [1.82, 2.24) is 0 Å². The van der Waals surface area contributed by atoms with Gasteiger partial charge in [0.15, 0.2) is 9.84 Å². The van der Waals surface area contributed by atoms with Crippen LogP contribution in [0.25, 0.3) is 0 Å². The Hall–Kier alpha value is -1.03. The molecule has 1 aliphatic heterocycles. The SMILES string of the molecule is O=S1(=O)CCc2cc(O)ccc21. The lowest BCUT2D eigenvalue weighted by Gasteiger charge is -1.97. The minimum Gasteiger partial charge on any atom is -0.508 e. The molecule has 1 aromatic rings. The van der Waals surface area contributed by atoms with Gasteiger partial charge in [-0.3, -0.25) is 0 Å². The van der Waals surface area contributed by atoms with Crippen LogP contribution in [0.1, 0.15) is 5.56 Å². The van der Waals surface area contributed by atoms with Crippen molar-refractivity contribution < 1.29 is 13.5 Å². The molecule has 0 spiro atoms. The molecule has 64 valence electrons. The smallest absolute Gasteiger partial charge is 0.178 e. The fraction of sp³-hybridized carbons (Fsp3) is 0.250. The van der Waals surface area contributed by atoms with E-state index in [9.17, 15) is 8.42 Å². The van der Waals surface area contributed by atoms with Crippen molar-refractivity contribution in [2.75, 3.05) is 5.75 Å². The van der Waals surface area contributed by atoms with Crippen molar-refractivity contribution in [3.63, 3.8) is 0 Å². The standard InChI is InChI=1S/C8H8O3S/c9-7-1-2-8-6(5-7)3-4-12(8,10)11/h1-2,5,9H,3-4H2. The van der Waals surface area contributed by atoms with E-state index in [1.807, 2.05) is 0 Å². The van der Waals surface area contributed by atoms with E-state index in [4.69, 9.17) is 5.11 Å². The average Bonchev–Trinajstić information content (AvgIpc) is 2.27. The summed E-state index contributed by atoms with van der Waals surface area (Å²) in [5.41, 5.74) is 0.731. The van der Waals surface area contributed by atoms with Crippen molar-refractivity contribution in [2.24, 2.45) is 0 Å². The summed E-state index contributed by atoms with van der Waals surface area (Å²) in [6.07, 6.45) is 0.520. The van der Waals surface area contributed by atoms with E-state index >= 15 is 0 Å². The first-order chi connectivity index (χ1) is 5.59. The van der Waals surface area contributed by atoms with Gasteiger partial charge in [0.25, 0.3) is 0 Å². The molecule has 0 bridgehead atoms. The quantitative estimate of drug-likeness (QED) is 0.646. The van der Waals surface area contributed by atoms with Gasteiger partial charge in [-0.25, -0.2) is 8.42 Å². The van der Waals surface area contributed by atoms with Gasteiger partial charge in [-0.1, -0.05) is 0 Å². The third kappa shape index (κ3) is 0.992. The topological polar surface area (TPSA) is 54.4 Å². The number of hydrogen-bond donors (Lipinski definition) is 1. The lowest BCUT2D eigenvalue weighted by molar-refractivity contribution is 0.474. The summed E-state index contributed by atoms with van der Waals surface area (Å²) >= 11 is 0. The second-order valence-corrected chi connectivity index (χ2v) is 4.94. The number of rotatable bonds is 0. The van der Waals surface area contributed by atoms with Crippen LogP contribution in [0.5, 0.6) is 5.75 Å². The van der Waals surface area contributed by atoms with E-state index < -0.39 is 9.84 Å². The summed E-state index contributed by atoms with van der Waals surface area (Å²) in [7, 11) is -3.03. The normalized spacial score (nSPS) is 19.0. The number of aromatic hydroxyl groups is 1. The number of sulfone groups is 1. The van der Waals surface area contributed by atoms with Crippen LogP contribution in [0.15, 0.2) is 23.1 Å². The van der Waals surface area contributed by atoms with Crippen LogP contribution in [0.3, 0.4) is 0 Å². The van der Waals surface area contributed by atoms with Gasteiger partial charge in [0.1, 0.15) is 5.75 Å². The highest BCUT2D eigenvalue weighted by molar-refractivity contribution is 7.91. The maximum absolute atomic E-state index is 11.3. The molecule has 0 atom stereocenters. The second-order valence-electron chi connectivity index (χ2n) is 2.86. The van der Waals surface area contributed by atoms with Crippen LogP contribution in [-0.4, -0.2) is 19.3 Å². The summed E-state index contributed by atoms with van der Waals surface area (Å²) in [6, 6.07) is 4.38. The molecule has 1 heterocycles. The Bertz CT molecular complexity index is 420. The molecule has 1 N–H and O–H groups in total. The molecule has 1 aromatic carbocycles. The maximum Gasteiger partial charge on any atom is 0.178 e. The van der Waals surface area contributed by atoms with Gasteiger partial charge in [0.05, 0.1) is 10.6 Å². The Kier molecular flexibility index (Phi) is 1.41. The number of aryl methyl sites for hydroxylation is 1. The first-order valence-corrected chi connectivity index (χ1v) is 5.29. The van der Waals surface area contributed by atoms with E-state index in [1.54, 1.807) is 0 Å². The van der Waals surface area contributed by atoms with Gasteiger partial charge < -0.3 is 5.11 Å². The van der Waals surface area contributed by atoms with Gasteiger partial charge in [0, 0.05) is 0 Å². The highest BCUT2D eigenvalue weighted by atomic mass is 32.2. The summed E-state index contributed by atoms with van der Waals surface area (Å²) in [5, 5.41) is 9.07. The molecule has 1 aliphatic rings. The minimum atomic E-state index is -3.03. The third-order valence-corrected chi connectivity index (χ3v) is 3.83. The number of phenols is 1. The van der Waals surface area contributed by atoms with Crippen molar-refractivity contribution in [1.29, 1.82) is 0 Å².